The summed E-state index contributed by atoms with van der Waals surface area (Å²) in [5.41, 5.74) is 11.4. The molecule has 14 N–H and O–H groups in total. The summed E-state index contributed by atoms with van der Waals surface area (Å²) >= 11 is 0. The van der Waals surface area contributed by atoms with Crippen LogP contribution in [0, 0.1) is 0 Å². The average molecular weight is 1210 g/mol. The van der Waals surface area contributed by atoms with Gasteiger partial charge in [0.2, 0.25) is 11.8 Å². The smallest absolute Gasteiger partial charge is 0.323 e. The molecule has 2 saturated heterocycles. The molecule has 0 aliphatic carbocycles. The first kappa shape index (κ1) is 74.5. The van der Waals surface area contributed by atoms with E-state index >= 15 is 0 Å². The van der Waals surface area contributed by atoms with Gasteiger partial charge in [-0.3, -0.25) is 83.2 Å². The average Bonchev–Trinajstić information content (AvgIpc) is 3.77. The van der Waals surface area contributed by atoms with Crippen molar-refractivity contribution in [2.45, 2.75) is 120 Å². The number of ether oxygens (including phenoxy) is 3. The van der Waals surface area contributed by atoms with Crippen LogP contribution in [0.3, 0.4) is 0 Å². The maximum atomic E-state index is 13.7. The van der Waals surface area contributed by atoms with Crippen molar-refractivity contribution >= 4 is 59.9 Å². The third-order valence-corrected chi connectivity index (χ3v) is 14.6. The Morgan fingerprint density at radius 1 is 0.607 bits per heavy atom. The van der Waals surface area contributed by atoms with Crippen LogP contribution < -0.4 is 32.9 Å². The molecule has 32 heteroatoms. The lowest BCUT2D eigenvalue weighted by atomic mass is 9.96. The summed E-state index contributed by atoms with van der Waals surface area (Å²) < 4.78 is 16.4. The third kappa shape index (κ3) is 29.9. The Kier molecular flexibility index (Phi) is 36.0. The number of esters is 1. The van der Waals surface area contributed by atoms with Crippen LogP contribution >= 0.6 is 0 Å². The first-order chi connectivity index (χ1) is 39.8. The van der Waals surface area contributed by atoms with E-state index in [1.807, 2.05) is 0 Å². The van der Waals surface area contributed by atoms with E-state index in [-0.39, 0.29) is 111 Å². The normalized spacial score (nSPS) is 19.8. The summed E-state index contributed by atoms with van der Waals surface area (Å²) in [5.74, 6) is -8.76. The number of nitrogens with one attached hydrogen (secondary N) is 4. The number of amides is 2. The fraction of sp³-hybridized carbons (Fsp3) is 0.808. The number of hydrogen-bond acceptors (Lipinski definition) is 24. The Bertz CT molecular complexity index is 2040. The van der Waals surface area contributed by atoms with Crippen molar-refractivity contribution in [3.63, 3.8) is 0 Å². The zero-order chi connectivity index (χ0) is 62.7. The van der Waals surface area contributed by atoms with Gasteiger partial charge in [-0.05, 0) is 84.6 Å². The standard InChI is InChI=1S/C52H94N12O20/c1-51(63(28-43(68)69)29-44(70)71)32-59(22-23-65)18-20-61(34-51)40(49(78)79)13-6-9-17-58-84-24-10-12-39(57-37-83-26-25-82-36-55-15-7-4-11-38(53)47(54)76)48(77)56-16-8-5-14-41(50(80)81-3)62-21-19-60(27-42(66)67)33-52(2,35-62)64(30-45(72)73)31-46(74)75/h23,38-41,55,57-58H,4-22,24-37,53H2,1-3H3,(H2,54,76)(H,56,77)(H,66,67)(H,68,69)(H,70,71)(H,72,73)(H,74,75)(H,78,79)/t38-,39-,40+,41?,51?,52?/m0/s1. The number of hydrogen-bond donors (Lipinski definition) is 12. The Labute approximate surface area is 490 Å². The SMILES string of the molecule is COC(=O)C(CCCCNC(=O)[C@H](CCCONCCCC[C@H](C(=O)O)N1CCN(CC=O)CC(C)(N(CC(=O)O)CC(=O)O)C1)NCOCCOCNCCCC[C@H](N)C(N)=O)N1CCN(CC(=O)O)CC(C)(N(CC(=O)O)CC(=O)O)C1. The molecule has 2 aliphatic heterocycles. The molecule has 0 spiro atoms. The maximum Gasteiger partial charge on any atom is 0.323 e. The van der Waals surface area contributed by atoms with Crippen molar-refractivity contribution in [2.24, 2.45) is 11.5 Å². The number of nitrogens with zero attached hydrogens (tertiary/aromatic N) is 6. The van der Waals surface area contributed by atoms with Crippen LogP contribution in [0.25, 0.3) is 0 Å². The van der Waals surface area contributed by atoms with Crippen LogP contribution in [0.1, 0.15) is 84.5 Å². The summed E-state index contributed by atoms with van der Waals surface area (Å²) in [7, 11) is 1.22. The predicted molar refractivity (Wildman–Crippen MR) is 299 cm³/mol. The number of carbonyl (C=O) groups is 10. The van der Waals surface area contributed by atoms with Crippen molar-refractivity contribution in [2.75, 3.05) is 152 Å². The first-order valence-corrected chi connectivity index (χ1v) is 28.4. The molecule has 2 heterocycles. The number of carboxylic acids is 6. The van der Waals surface area contributed by atoms with Gasteiger partial charge in [0.15, 0.2) is 0 Å². The largest absolute Gasteiger partial charge is 0.480 e. The third-order valence-electron chi connectivity index (χ3n) is 14.6. The first-order valence-electron chi connectivity index (χ1n) is 28.4. The molecule has 0 aromatic carbocycles. The topological polar surface area (TPSA) is 449 Å². The van der Waals surface area contributed by atoms with Gasteiger partial charge >= 0.3 is 41.8 Å². The summed E-state index contributed by atoms with van der Waals surface area (Å²) in [5, 5.41) is 67.7. The van der Waals surface area contributed by atoms with Crippen molar-refractivity contribution < 1.29 is 97.6 Å². The van der Waals surface area contributed by atoms with Crippen molar-refractivity contribution in [3.8, 4) is 0 Å². The molecule has 0 saturated carbocycles. The summed E-state index contributed by atoms with van der Waals surface area (Å²) in [6.07, 6.45) is 5.64. The molecule has 482 valence electrons. The predicted octanol–water partition coefficient (Wildman–Crippen LogP) is -3.80. The molecular weight excluding hydrogens is 1110 g/mol. The summed E-state index contributed by atoms with van der Waals surface area (Å²) in [6, 6.07) is -3.26. The van der Waals surface area contributed by atoms with E-state index in [9.17, 15) is 78.6 Å². The molecule has 2 fully saturated rings. The minimum atomic E-state index is -1.28. The lowest BCUT2D eigenvalue weighted by molar-refractivity contribution is -0.150. The molecule has 3 unspecified atom stereocenters. The Balaban J connectivity index is 2.03. The van der Waals surface area contributed by atoms with Gasteiger partial charge in [-0.2, -0.15) is 0 Å². The van der Waals surface area contributed by atoms with E-state index < -0.39 is 116 Å². The number of nitrogens with two attached hydrogens (primary N) is 2. The van der Waals surface area contributed by atoms with E-state index in [0.29, 0.717) is 70.9 Å². The molecule has 84 heavy (non-hydrogen) atoms. The van der Waals surface area contributed by atoms with Gasteiger partial charge in [-0.25, -0.2) is 5.48 Å². The highest BCUT2D eigenvalue weighted by Crippen LogP contribution is 2.27. The Hall–Kier alpha value is -5.62. The number of unbranched alkanes of at least 4 members (excludes halogenated alkanes) is 3. The van der Waals surface area contributed by atoms with Gasteiger partial charge in [0.25, 0.3) is 0 Å². The highest BCUT2D eigenvalue weighted by Gasteiger charge is 2.44. The number of methoxy groups -OCH3 is 1. The molecule has 2 aliphatic rings. The van der Waals surface area contributed by atoms with Crippen LogP contribution in [0.4, 0.5) is 0 Å². The number of primary amides is 1. The molecule has 0 aromatic rings. The Morgan fingerprint density at radius 2 is 1.12 bits per heavy atom. The quantitative estimate of drug-likeness (QED) is 0.00914. The maximum absolute atomic E-state index is 13.7. The number of rotatable bonds is 48. The van der Waals surface area contributed by atoms with E-state index in [2.05, 4.69) is 21.4 Å². The van der Waals surface area contributed by atoms with Crippen LogP contribution in [0.2, 0.25) is 0 Å². The lowest BCUT2D eigenvalue weighted by Crippen LogP contribution is -2.61. The molecule has 0 bridgehead atoms. The van der Waals surface area contributed by atoms with Gasteiger partial charge in [0.05, 0.1) is 91.7 Å². The molecule has 6 atom stereocenters. The fourth-order valence-electron chi connectivity index (χ4n) is 10.4. The highest BCUT2D eigenvalue weighted by atomic mass is 16.6. The molecule has 0 radical (unpaired) electrons. The van der Waals surface area contributed by atoms with E-state index in [4.69, 9.17) is 30.5 Å². The summed E-state index contributed by atoms with van der Waals surface area (Å²) in [6.45, 7) is 3.68. The zero-order valence-corrected chi connectivity index (χ0v) is 49.0. The number of carboxylic acid groups (broad SMARTS) is 6. The van der Waals surface area contributed by atoms with Crippen molar-refractivity contribution in [3.05, 3.63) is 0 Å². The van der Waals surface area contributed by atoms with Crippen LogP contribution in [-0.4, -0.2) is 307 Å². The second kappa shape index (κ2) is 40.7. The minimum Gasteiger partial charge on any atom is -0.480 e. The van der Waals surface area contributed by atoms with Gasteiger partial charge < -0.3 is 71.3 Å². The highest BCUT2D eigenvalue weighted by molar-refractivity contribution is 5.81. The molecule has 2 amide bonds. The van der Waals surface area contributed by atoms with E-state index in [1.54, 1.807) is 33.4 Å². The van der Waals surface area contributed by atoms with E-state index in [1.165, 1.54) is 16.9 Å². The molecule has 0 aromatic heterocycles. The Morgan fingerprint density at radius 3 is 1.65 bits per heavy atom. The molecule has 2 rings (SSSR count). The summed E-state index contributed by atoms with van der Waals surface area (Å²) in [4.78, 5) is 136. The van der Waals surface area contributed by atoms with Gasteiger partial charge in [0.1, 0.15) is 18.4 Å². The number of aliphatic carboxylic acids is 6. The number of aldehydes is 1. The molecular formula is C52H94N12O20. The fourth-order valence-corrected chi connectivity index (χ4v) is 10.4. The zero-order valence-electron chi connectivity index (χ0n) is 49.0. The van der Waals surface area contributed by atoms with Gasteiger partial charge in [-0.15, -0.1) is 0 Å². The second-order valence-corrected chi connectivity index (χ2v) is 21.7. The second-order valence-electron chi connectivity index (χ2n) is 21.7. The minimum absolute atomic E-state index is 0.00214. The number of hydroxylamine groups is 1. The van der Waals surface area contributed by atoms with Gasteiger partial charge in [-0.1, -0.05) is 6.42 Å². The van der Waals surface area contributed by atoms with Crippen LogP contribution in [0.5, 0.6) is 0 Å². The van der Waals surface area contributed by atoms with Crippen LogP contribution in [0.15, 0.2) is 0 Å². The number of carbonyl (C=O) groups excluding carboxylic acids is 4. The van der Waals surface area contributed by atoms with Gasteiger partial charge in [0, 0.05) is 76.5 Å². The van der Waals surface area contributed by atoms with Crippen LogP contribution in [-0.2, 0) is 67.0 Å². The van der Waals surface area contributed by atoms with Crippen molar-refractivity contribution in [1.29, 1.82) is 0 Å². The van der Waals surface area contributed by atoms with Crippen molar-refractivity contribution in [1.82, 2.24) is 50.8 Å². The molecule has 32 nitrogen and oxygen atoms in total. The monoisotopic (exact) mass is 1210 g/mol. The lowest BCUT2D eigenvalue weighted by Gasteiger charge is -2.43. The van der Waals surface area contributed by atoms with E-state index in [0.717, 1.165) is 12.8 Å².